The van der Waals surface area contributed by atoms with E-state index in [-0.39, 0.29) is 6.03 Å². The van der Waals surface area contributed by atoms with Crippen LogP contribution in [0, 0.1) is 0 Å². The third-order valence-corrected chi connectivity index (χ3v) is 2.10. The van der Waals surface area contributed by atoms with Crippen LogP contribution < -0.4 is 5.32 Å². The molecule has 0 spiro atoms. The van der Waals surface area contributed by atoms with Gasteiger partial charge in [0.1, 0.15) is 12.2 Å². The first-order valence-electron chi connectivity index (χ1n) is 4.61. The number of carbonyl (C=O) groups excluding carboxylic acids is 1. The molecule has 0 radical (unpaired) electrons. The van der Waals surface area contributed by atoms with Crippen molar-refractivity contribution in [2.45, 2.75) is 25.4 Å². The largest absolute Gasteiger partial charge is 0.335 e. The summed E-state index contributed by atoms with van der Waals surface area (Å²) >= 11 is 0. The van der Waals surface area contributed by atoms with Crippen molar-refractivity contribution >= 4 is 6.03 Å². The number of aromatic nitrogens is 3. The van der Waals surface area contributed by atoms with Crippen molar-refractivity contribution in [1.29, 1.82) is 0 Å². The quantitative estimate of drug-likeness (QED) is 0.718. The smallest absolute Gasteiger partial charge is 0.317 e. The highest BCUT2D eigenvalue weighted by Gasteiger charge is 2.24. The van der Waals surface area contributed by atoms with Crippen LogP contribution in [0.3, 0.4) is 0 Å². The fraction of sp³-hybridized carbons (Fsp3) is 0.625. The van der Waals surface area contributed by atoms with E-state index in [9.17, 15) is 4.79 Å². The Morgan fingerprint density at radius 2 is 2.57 bits per heavy atom. The normalized spacial score (nSPS) is 15.2. The van der Waals surface area contributed by atoms with Gasteiger partial charge < -0.3 is 10.2 Å². The minimum absolute atomic E-state index is 0.0519. The van der Waals surface area contributed by atoms with E-state index in [1.54, 1.807) is 11.9 Å². The monoisotopic (exact) mass is 195 g/mol. The van der Waals surface area contributed by atoms with Crippen LogP contribution in [0.5, 0.6) is 0 Å². The zero-order chi connectivity index (χ0) is 9.97. The molecule has 0 unspecified atom stereocenters. The highest BCUT2D eigenvalue weighted by Crippen LogP contribution is 2.18. The Morgan fingerprint density at radius 3 is 3.14 bits per heavy atom. The van der Waals surface area contributed by atoms with Gasteiger partial charge in [0, 0.05) is 13.1 Å². The highest BCUT2D eigenvalue weighted by molar-refractivity contribution is 5.74. The number of hydrogen-bond donors (Lipinski definition) is 2. The number of amides is 2. The third kappa shape index (κ3) is 2.21. The van der Waals surface area contributed by atoms with E-state index in [2.05, 4.69) is 20.5 Å². The Bertz CT molecular complexity index is 306. The van der Waals surface area contributed by atoms with Gasteiger partial charge >= 0.3 is 6.03 Å². The van der Waals surface area contributed by atoms with E-state index >= 15 is 0 Å². The van der Waals surface area contributed by atoms with Crippen molar-refractivity contribution in [1.82, 2.24) is 25.4 Å². The van der Waals surface area contributed by atoms with Crippen molar-refractivity contribution in [3.05, 3.63) is 12.2 Å². The minimum atomic E-state index is -0.0519. The van der Waals surface area contributed by atoms with Crippen molar-refractivity contribution in [2.75, 3.05) is 7.05 Å². The lowest BCUT2D eigenvalue weighted by atomic mass is 10.5. The van der Waals surface area contributed by atoms with Crippen LogP contribution in [0.4, 0.5) is 4.79 Å². The minimum Gasteiger partial charge on any atom is -0.335 e. The SMILES string of the molecule is CN(Cc1ncn[nH]1)C(=O)NC1CC1. The van der Waals surface area contributed by atoms with Crippen molar-refractivity contribution < 1.29 is 4.79 Å². The number of carbonyl (C=O) groups is 1. The topological polar surface area (TPSA) is 73.9 Å². The molecule has 1 saturated carbocycles. The number of rotatable bonds is 3. The molecule has 1 aliphatic rings. The van der Waals surface area contributed by atoms with Crippen molar-refractivity contribution in [3.8, 4) is 0 Å². The second-order valence-corrected chi connectivity index (χ2v) is 3.51. The highest BCUT2D eigenvalue weighted by atomic mass is 16.2. The van der Waals surface area contributed by atoms with Gasteiger partial charge in [-0.05, 0) is 12.8 Å². The van der Waals surface area contributed by atoms with Gasteiger partial charge in [0.25, 0.3) is 0 Å². The predicted molar refractivity (Wildman–Crippen MR) is 49.4 cm³/mol. The molecule has 0 aliphatic heterocycles. The number of hydrogen-bond acceptors (Lipinski definition) is 3. The van der Waals surface area contributed by atoms with E-state index in [4.69, 9.17) is 0 Å². The summed E-state index contributed by atoms with van der Waals surface area (Å²) in [5.74, 6) is 0.693. The fourth-order valence-corrected chi connectivity index (χ4v) is 1.12. The molecular formula is C8H13N5O. The summed E-state index contributed by atoms with van der Waals surface area (Å²) in [6.07, 6.45) is 3.63. The maximum Gasteiger partial charge on any atom is 0.317 e. The molecule has 2 N–H and O–H groups in total. The maximum atomic E-state index is 11.5. The van der Waals surface area contributed by atoms with E-state index < -0.39 is 0 Å². The number of aromatic amines is 1. The second kappa shape index (κ2) is 3.65. The van der Waals surface area contributed by atoms with Gasteiger partial charge in [-0.3, -0.25) is 5.10 Å². The molecule has 2 amide bonds. The summed E-state index contributed by atoms with van der Waals surface area (Å²) in [7, 11) is 1.74. The average molecular weight is 195 g/mol. The Kier molecular flexibility index (Phi) is 2.34. The van der Waals surface area contributed by atoms with Crippen molar-refractivity contribution in [3.63, 3.8) is 0 Å². The van der Waals surface area contributed by atoms with Crippen molar-refractivity contribution in [2.24, 2.45) is 0 Å². The Hall–Kier alpha value is -1.59. The number of nitrogens with one attached hydrogen (secondary N) is 2. The summed E-state index contributed by atoms with van der Waals surface area (Å²) in [5.41, 5.74) is 0. The summed E-state index contributed by atoms with van der Waals surface area (Å²) in [5, 5.41) is 9.31. The van der Waals surface area contributed by atoms with E-state index in [1.165, 1.54) is 6.33 Å². The maximum absolute atomic E-state index is 11.5. The Balaban J connectivity index is 1.81. The van der Waals surface area contributed by atoms with Gasteiger partial charge in [-0.15, -0.1) is 0 Å². The zero-order valence-electron chi connectivity index (χ0n) is 8.03. The summed E-state index contributed by atoms with van der Waals surface area (Å²) in [6.45, 7) is 0.457. The van der Waals surface area contributed by atoms with Gasteiger partial charge in [-0.25, -0.2) is 9.78 Å². The lowest BCUT2D eigenvalue weighted by Crippen LogP contribution is -2.38. The van der Waals surface area contributed by atoms with Gasteiger partial charge in [0.15, 0.2) is 0 Å². The predicted octanol–water partition coefficient (Wildman–Crippen LogP) is 0.108. The molecule has 1 fully saturated rings. The summed E-state index contributed by atoms with van der Waals surface area (Å²) in [6, 6.07) is 0.337. The van der Waals surface area contributed by atoms with Gasteiger partial charge in [-0.1, -0.05) is 0 Å². The number of nitrogens with zero attached hydrogens (tertiary/aromatic N) is 3. The fourth-order valence-electron chi connectivity index (χ4n) is 1.12. The lowest BCUT2D eigenvalue weighted by molar-refractivity contribution is 0.205. The first-order chi connectivity index (χ1) is 6.75. The van der Waals surface area contributed by atoms with E-state index in [0.717, 1.165) is 12.8 Å². The third-order valence-electron chi connectivity index (χ3n) is 2.10. The van der Waals surface area contributed by atoms with Crippen LogP contribution in [0.15, 0.2) is 6.33 Å². The molecule has 1 aliphatic carbocycles. The number of H-pyrrole nitrogens is 1. The molecule has 6 nitrogen and oxygen atoms in total. The molecule has 0 aromatic carbocycles. The van der Waals surface area contributed by atoms with Crippen LogP contribution in [-0.2, 0) is 6.54 Å². The van der Waals surface area contributed by atoms with E-state index in [1.807, 2.05) is 0 Å². The summed E-state index contributed by atoms with van der Waals surface area (Å²) in [4.78, 5) is 17.0. The van der Waals surface area contributed by atoms with Crippen LogP contribution in [0.2, 0.25) is 0 Å². The van der Waals surface area contributed by atoms with Crippen LogP contribution >= 0.6 is 0 Å². The first kappa shape index (κ1) is 8.98. The van der Waals surface area contributed by atoms with Gasteiger partial charge in [0.05, 0.1) is 6.54 Å². The first-order valence-corrected chi connectivity index (χ1v) is 4.61. The van der Waals surface area contributed by atoms with Crippen LogP contribution in [0.1, 0.15) is 18.7 Å². The van der Waals surface area contributed by atoms with Gasteiger partial charge in [0.2, 0.25) is 0 Å². The molecular weight excluding hydrogens is 182 g/mol. The summed E-state index contributed by atoms with van der Waals surface area (Å²) < 4.78 is 0. The molecule has 76 valence electrons. The van der Waals surface area contributed by atoms with Gasteiger partial charge in [-0.2, -0.15) is 5.10 Å². The molecule has 1 heterocycles. The zero-order valence-corrected chi connectivity index (χ0v) is 8.03. The lowest BCUT2D eigenvalue weighted by Gasteiger charge is -2.15. The standard InChI is InChI=1S/C8H13N5O/c1-13(4-7-9-5-10-12-7)8(14)11-6-2-3-6/h5-6H,2-4H2,1H3,(H,11,14)(H,9,10,12). The molecule has 1 aromatic rings. The Labute approximate surface area is 81.7 Å². The average Bonchev–Trinajstić information content (AvgIpc) is 2.81. The van der Waals surface area contributed by atoms with Crippen LogP contribution in [-0.4, -0.2) is 39.2 Å². The molecule has 6 heteroatoms. The number of urea groups is 1. The second-order valence-electron chi connectivity index (χ2n) is 3.51. The Morgan fingerprint density at radius 1 is 1.79 bits per heavy atom. The molecule has 0 bridgehead atoms. The molecule has 0 atom stereocenters. The van der Waals surface area contributed by atoms with Crippen LogP contribution in [0.25, 0.3) is 0 Å². The van der Waals surface area contributed by atoms with E-state index in [0.29, 0.717) is 18.4 Å². The molecule has 1 aromatic heterocycles. The molecule has 0 saturated heterocycles. The molecule has 14 heavy (non-hydrogen) atoms. The molecule has 2 rings (SSSR count).